The van der Waals surface area contributed by atoms with E-state index in [2.05, 4.69) is 18.3 Å². The van der Waals surface area contributed by atoms with Crippen LogP contribution in [0.25, 0.3) is 0 Å². The van der Waals surface area contributed by atoms with E-state index in [0.717, 1.165) is 19.4 Å². The summed E-state index contributed by atoms with van der Waals surface area (Å²) in [5, 5.41) is 12.3. The van der Waals surface area contributed by atoms with Crippen molar-refractivity contribution >= 4 is 5.91 Å². The molecule has 96 valence electrons. The fourth-order valence-electron chi connectivity index (χ4n) is 2.22. The fourth-order valence-corrected chi connectivity index (χ4v) is 2.22. The maximum absolute atomic E-state index is 12.2. The first kappa shape index (κ1) is 14.0. The number of amides is 1. The second kappa shape index (κ2) is 5.53. The van der Waals surface area contributed by atoms with Gasteiger partial charge in [-0.15, -0.1) is 0 Å². The van der Waals surface area contributed by atoms with Gasteiger partial charge in [-0.25, -0.2) is 0 Å². The van der Waals surface area contributed by atoms with Gasteiger partial charge in [0.25, 0.3) is 0 Å². The summed E-state index contributed by atoms with van der Waals surface area (Å²) in [5.41, 5.74) is -0.496. The highest BCUT2D eigenvalue weighted by Gasteiger charge is 2.41. The summed E-state index contributed by atoms with van der Waals surface area (Å²) in [4.78, 5) is 12.2. The van der Waals surface area contributed by atoms with E-state index in [1.165, 1.54) is 12.8 Å². The predicted molar refractivity (Wildman–Crippen MR) is 68.2 cm³/mol. The van der Waals surface area contributed by atoms with Gasteiger partial charge in [0, 0.05) is 6.54 Å². The van der Waals surface area contributed by atoms with Crippen LogP contribution in [0.3, 0.4) is 0 Å². The zero-order valence-corrected chi connectivity index (χ0v) is 11.3. The van der Waals surface area contributed by atoms with Crippen LogP contribution >= 0.6 is 0 Å². The number of rotatable bonds is 7. The summed E-state index contributed by atoms with van der Waals surface area (Å²) in [6, 6.07) is 2.26. The number of carbonyl (C=O) groups excluding carboxylic acids is 1. The SMILES string of the molecule is CCCC(C#N)(CCC)C(=O)NCC1(C)CC1. The van der Waals surface area contributed by atoms with Gasteiger partial charge in [-0.05, 0) is 31.1 Å². The van der Waals surface area contributed by atoms with Crippen LogP contribution in [-0.2, 0) is 4.79 Å². The Morgan fingerprint density at radius 3 is 2.24 bits per heavy atom. The fraction of sp³-hybridized carbons (Fsp3) is 0.857. The highest BCUT2D eigenvalue weighted by atomic mass is 16.2. The van der Waals surface area contributed by atoms with Crippen LogP contribution in [-0.4, -0.2) is 12.5 Å². The summed E-state index contributed by atoms with van der Waals surface area (Å²) in [5.74, 6) is -0.0585. The topological polar surface area (TPSA) is 52.9 Å². The van der Waals surface area contributed by atoms with Crippen molar-refractivity contribution in [1.82, 2.24) is 5.32 Å². The summed E-state index contributed by atoms with van der Waals surface area (Å²) < 4.78 is 0. The van der Waals surface area contributed by atoms with Crippen molar-refractivity contribution < 1.29 is 4.79 Å². The third-order valence-electron chi connectivity index (χ3n) is 3.78. The molecule has 1 amide bonds. The van der Waals surface area contributed by atoms with Crippen LogP contribution < -0.4 is 5.32 Å². The molecule has 1 fully saturated rings. The van der Waals surface area contributed by atoms with E-state index in [1.54, 1.807) is 0 Å². The lowest BCUT2D eigenvalue weighted by atomic mass is 9.79. The van der Waals surface area contributed by atoms with Gasteiger partial charge in [0.2, 0.25) is 5.91 Å². The second-order valence-corrected chi connectivity index (χ2v) is 5.69. The molecule has 1 saturated carbocycles. The van der Waals surface area contributed by atoms with E-state index in [0.29, 0.717) is 18.3 Å². The molecule has 0 saturated heterocycles. The van der Waals surface area contributed by atoms with Gasteiger partial charge < -0.3 is 5.32 Å². The van der Waals surface area contributed by atoms with Crippen molar-refractivity contribution in [3.8, 4) is 6.07 Å². The van der Waals surface area contributed by atoms with Gasteiger partial charge in [-0.2, -0.15) is 5.26 Å². The third kappa shape index (κ3) is 3.46. The Morgan fingerprint density at radius 2 is 1.88 bits per heavy atom. The minimum Gasteiger partial charge on any atom is -0.354 e. The Hall–Kier alpha value is -1.04. The van der Waals surface area contributed by atoms with E-state index < -0.39 is 5.41 Å². The molecule has 0 atom stereocenters. The van der Waals surface area contributed by atoms with Crippen molar-refractivity contribution in [2.45, 2.75) is 59.3 Å². The van der Waals surface area contributed by atoms with Crippen molar-refractivity contribution in [3.05, 3.63) is 0 Å². The first-order chi connectivity index (χ1) is 8.02. The maximum Gasteiger partial charge on any atom is 0.240 e. The van der Waals surface area contributed by atoms with Crippen LogP contribution in [0.2, 0.25) is 0 Å². The van der Waals surface area contributed by atoms with Crippen LogP contribution in [0, 0.1) is 22.2 Å². The molecule has 0 bridgehead atoms. The molecule has 0 aromatic heterocycles. The lowest BCUT2D eigenvalue weighted by molar-refractivity contribution is -0.129. The van der Waals surface area contributed by atoms with Gasteiger partial charge in [0.15, 0.2) is 0 Å². The van der Waals surface area contributed by atoms with Gasteiger partial charge in [-0.1, -0.05) is 33.6 Å². The van der Waals surface area contributed by atoms with E-state index in [9.17, 15) is 10.1 Å². The number of hydrogen-bond acceptors (Lipinski definition) is 2. The van der Waals surface area contributed by atoms with Crippen molar-refractivity contribution in [2.75, 3.05) is 6.54 Å². The molecule has 17 heavy (non-hydrogen) atoms. The van der Waals surface area contributed by atoms with Crippen LogP contribution in [0.1, 0.15) is 59.3 Å². The normalized spacial score (nSPS) is 17.3. The molecular weight excluding hydrogens is 212 g/mol. The van der Waals surface area contributed by atoms with Gasteiger partial charge in [0.05, 0.1) is 6.07 Å². The van der Waals surface area contributed by atoms with E-state index >= 15 is 0 Å². The average Bonchev–Trinajstić information content (AvgIpc) is 3.04. The molecule has 0 spiro atoms. The first-order valence-electron chi connectivity index (χ1n) is 6.71. The Morgan fingerprint density at radius 1 is 1.35 bits per heavy atom. The van der Waals surface area contributed by atoms with Crippen LogP contribution in [0.15, 0.2) is 0 Å². The number of nitrogens with zero attached hydrogens (tertiary/aromatic N) is 1. The molecule has 0 unspecified atom stereocenters. The average molecular weight is 236 g/mol. The number of carbonyl (C=O) groups is 1. The number of nitriles is 1. The monoisotopic (exact) mass is 236 g/mol. The van der Waals surface area contributed by atoms with Crippen molar-refractivity contribution in [3.63, 3.8) is 0 Å². The Labute approximate surface area is 105 Å². The quantitative estimate of drug-likeness (QED) is 0.738. The van der Waals surface area contributed by atoms with Crippen molar-refractivity contribution in [1.29, 1.82) is 5.26 Å². The van der Waals surface area contributed by atoms with Gasteiger partial charge in [0.1, 0.15) is 5.41 Å². The van der Waals surface area contributed by atoms with Crippen LogP contribution in [0.5, 0.6) is 0 Å². The summed E-state index contributed by atoms with van der Waals surface area (Å²) in [7, 11) is 0. The Bertz CT molecular complexity index is 307. The minimum absolute atomic E-state index is 0.0585. The van der Waals surface area contributed by atoms with Gasteiger partial charge >= 0.3 is 0 Å². The molecule has 1 rings (SSSR count). The highest BCUT2D eigenvalue weighted by Crippen LogP contribution is 2.44. The van der Waals surface area contributed by atoms with E-state index in [-0.39, 0.29) is 5.91 Å². The first-order valence-corrected chi connectivity index (χ1v) is 6.71. The standard InChI is InChI=1S/C14H24N2O/c1-4-6-14(10-15,7-5-2)12(17)16-11-13(3)8-9-13/h4-9,11H2,1-3H3,(H,16,17). The molecule has 0 aromatic carbocycles. The lowest BCUT2D eigenvalue weighted by Gasteiger charge is -2.25. The molecule has 0 radical (unpaired) electrons. The van der Waals surface area contributed by atoms with E-state index in [1.807, 2.05) is 13.8 Å². The third-order valence-corrected chi connectivity index (χ3v) is 3.78. The number of nitrogens with one attached hydrogen (secondary N) is 1. The predicted octanol–water partition coefficient (Wildman–Crippen LogP) is 3.01. The molecule has 1 aliphatic rings. The summed E-state index contributed by atoms with van der Waals surface area (Å²) >= 11 is 0. The Kier molecular flexibility index (Phi) is 4.56. The zero-order valence-electron chi connectivity index (χ0n) is 11.3. The largest absolute Gasteiger partial charge is 0.354 e. The zero-order chi connectivity index (χ0) is 12.9. The van der Waals surface area contributed by atoms with E-state index in [4.69, 9.17) is 0 Å². The Balaban J connectivity index is 2.61. The molecular formula is C14H24N2O. The summed E-state index contributed by atoms with van der Waals surface area (Å²) in [6.45, 7) is 6.96. The molecule has 3 nitrogen and oxygen atoms in total. The molecule has 1 aliphatic carbocycles. The second-order valence-electron chi connectivity index (χ2n) is 5.69. The maximum atomic E-state index is 12.2. The van der Waals surface area contributed by atoms with Crippen LogP contribution in [0.4, 0.5) is 0 Å². The molecule has 3 heteroatoms. The molecule has 0 aromatic rings. The smallest absolute Gasteiger partial charge is 0.240 e. The summed E-state index contributed by atoms with van der Waals surface area (Å²) in [6.07, 6.45) is 5.46. The lowest BCUT2D eigenvalue weighted by Crippen LogP contribution is -2.42. The number of hydrogen-bond donors (Lipinski definition) is 1. The molecule has 0 aliphatic heterocycles. The van der Waals surface area contributed by atoms with Crippen molar-refractivity contribution in [2.24, 2.45) is 10.8 Å². The molecule has 0 heterocycles. The molecule has 1 N–H and O–H groups in total. The van der Waals surface area contributed by atoms with Gasteiger partial charge in [-0.3, -0.25) is 4.79 Å². The highest BCUT2D eigenvalue weighted by molar-refractivity contribution is 5.85. The minimum atomic E-state index is -0.797.